The van der Waals surface area contributed by atoms with Crippen LogP contribution in [0.1, 0.15) is 33.2 Å². The molecule has 2 fully saturated rings. The zero-order valence-electron chi connectivity index (χ0n) is 12.6. The van der Waals surface area contributed by atoms with Gasteiger partial charge in [-0.2, -0.15) is 0 Å². The van der Waals surface area contributed by atoms with Crippen molar-refractivity contribution in [2.75, 3.05) is 19.6 Å². The second-order valence-corrected chi connectivity index (χ2v) is 6.80. The van der Waals surface area contributed by atoms with Gasteiger partial charge in [0, 0.05) is 19.1 Å². The normalized spacial score (nSPS) is 19.7. The molecule has 0 bridgehead atoms. The van der Waals surface area contributed by atoms with Crippen molar-refractivity contribution in [2.45, 2.75) is 32.7 Å². The van der Waals surface area contributed by atoms with Gasteiger partial charge >= 0.3 is 6.03 Å². The number of piperidine rings is 1. The number of aryl methyl sites for hydroxylation is 2. The molecule has 118 valence electrons. The number of hydrogen-bond acceptors (Lipinski definition) is 5. The first-order valence-corrected chi connectivity index (χ1v) is 8.12. The summed E-state index contributed by atoms with van der Waals surface area (Å²) in [6.07, 6.45) is 1.25. The van der Waals surface area contributed by atoms with E-state index in [4.69, 9.17) is 0 Å². The third kappa shape index (κ3) is 2.58. The Morgan fingerprint density at radius 2 is 1.95 bits per heavy atom. The van der Waals surface area contributed by atoms with E-state index in [2.05, 4.69) is 10.3 Å². The van der Waals surface area contributed by atoms with Crippen molar-refractivity contribution in [3.8, 4) is 0 Å². The maximum atomic E-state index is 12.5. The van der Waals surface area contributed by atoms with Gasteiger partial charge in [-0.3, -0.25) is 14.5 Å². The summed E-state index contributed by atoms with van der Waals surface area (Å²) in [7, 11) is 0. The molecule has 0 spiro atoms. The number of imide groups is 1. The molecule has 7 nitrogen and oxygen atoms in total. The number of likely N-dealkylation sites (tertiary alicyclic amines) is 1. The molecule has 0 radical (unpaired) electrons. The lowest BCUT2D eigenvalue weighted by atomic mass is 10.0. The fraction of sp³-hybridized carbons (Fsp3) is 0.571. The van der Waals surface area contributed by atoms with Crippen LogP contribution in [0.5, 0.6) is 0 Å². The summed E-state index contributed by atoms with van der Waals surface area (Å²) in [5.74, 6) is -0.178. The molecule has 3 rings (SSSR count). The molecule has 0 unspecified atom stereocenters. The number of urea groups is 1. The largest absolute Gasteiger partial charge is 0.338 e. The van der Waals surface area contributed by atoms with Gasteiger partial charge in [0.1, 0.15) is 4.88 Å². The Kier molecular flexibility index (Phi) is 3.86. The van der Waals surface area contributed by atoms with Crippen LogP contribution < -0.4 is 5.32 Å². The molecule has 0 aromatic carbocycles. The monoisotopic (exact) mass is 322 g/mol. The minimum atomic E-state index is -0.316. The van der Waals surface area contributed by atoms with Crippen molar-refractivity contribution in [3.05, 3.63) is 15.6 Å². The third-order valence-corrected chi connectivity index (χ3v) is 5.15. The number of nitrogens with one attached hydrogen (secondary N) is 1. The average molecular weight is 322 g/mol. The van der Waals surface area contributed by atoms with Crippen LogP contribution in [0.3, 0.4) is 0 Å². The van der Waals surface area contributed by atoms with Gasteiger partial charge in [-0.15, -0.1) is 11.3 Å². The van der Waals surface area contributed by atoms with Gasteiger partial charge in [0.15, 0.2) is 0 Å². The Hall–Kier alpha value is -1.96. The fourth-order valence-electron chi connectivity index (χ4n) is 3.00. The lowest BCUT2D eigenvalue weighted by molar-refractivity contribution is -0.127. The number of carbonyl (C=O) groups excluding carboxylic acids is 3. The van der Waals surface area contributed by atoms with E-state index in [1.165, 1.54) is 16.2 Å². The molecular weight excluding hydrogens is 304 g/mol. The van der Waals surface area contributed by atoms with Crippen LogP contribution in [-0.4, -0.2) is 58.3 Å². The van der Waals surface area contributed by atoms with Crippen LogP contribution in [0, 0.1) is 13.8 Å². The summed E-state index contributed by atoms with van der Waals surface area (Å²) in [4.78, 5) is 44.0. The van der Waals surface area contributed by atoms with Gasteiger partial charge in [-0.05, 0) is 26.7 Å². The van der Waals surface area contributed by atoms with E-state index in [-0.39, 0.29) is 30.4 Å². The first kappa shape index (κ1) is 15.0. The lowest BCUT2D eigenvalue weighted by Gasteiger charge is -2.35. The van der Waals surface area contributed by atoms with Crippen molar-refractivity contribution in [1.82, 2.24) is 20.1 Å². The van der Waals surface area contributed by atoms with Crippen molar-refractivity contribution in [2.24, 2.45) is 0 Å². The van der Waals surface area contributed by atoms with E-state index in [0.29, 0.717) is 30.8 Å². The van der Waals surface area contributed by atoms with Gasteiger partial charge < -0.3 is 10.2 Å². The second kappa shape index (κ2) is 5.68. The predicted octanol–water partition coefficient (Wildman–Crippen LogP) is 0.916. The van der Waals surface area contributed by atoms with E-state index < -0.39 is 0 Å². The summed E-state index contributed by atoms with van der Waals surface area (Å²) in [6.45, 7) is 4.92. The summed E-state index contributed by atoms with van der Waals surface area (Å²) in [6, 6.07) is -0.424. The molecule has 0 aliphatic carbocycles. The minimum absolute atomic E-state index is 0.00116. The first-order chi connectivity index (χ1) is 10.5. The number of carbonyl (C=O) groups is 3. The SMILES string of the molecule is Cc1nc(C)c(C(=O)N2CCC(N3C(=O)CNC3=O)CC2)s1. The van der Waals surface area contributed by atoms with E-state index in [9.17, 15) is 14.4 Å². The molecule has 1 N–H and O–H groups in total. The number of hydrogen-bond donors (Lipinski definition) is 1. The molecule has 1 aromatic rings. The molecule has 2 aliphatic rings. The standard InChI is InChI=1S/C14H18N4O3S/c1-8-12(22-9(2)16-8)13(20)17-5-3-10(4-6-17)18-11(19)7-15-14(18)21/h10H,3-7H2,1-2H3,(H,15,21). The molecular formula is C14H18N4O3S. The van der Waals surface area contributed by atoms with Gasteiger partial charge in [0.05, 0.1) is 17.2 Å². The summed E-state index contributed by atoms with van der Waals surface area (Å²) < 4.78 is 0. The number of nitrogens with zero attached hydrogens (tertiary/aromatic N) is 3. The van der Waals surface area contributed by atoms with Gasteiger partial charge in [-0.25, -0.2) is 9.78 Å². The highest BCUT2D eigenvalue weighted by Crippen LogP contribution is 2.24. The van der Waals surface area contributed by atoms with Crippen LogP contribution in [0.25, 0.3) is 0 Å². The van der Waals surface area contributed by atoms with Crippen LogP contribution in [0.2, 0.25) is 0 Å². The zero-order valence-corrected chi connectivity index (χ0v) is 13.4. The topological polar surface area (TPSA) is 82.6 Å². The Labute approximate surface area is 132 Å². The highest BCUT2D eigenvalue weighted by atomic mass is 32.1. The van der Waals surface area contributed by atoms with Gasteiger partial charge in [-0.1, -0.05) is 0 Å². The molecule has 22 heavy (non-hydrogen) atoms. The first-order valence-electron chi connectivity index (χ1n) is 7.30. The smallest absolute Gasteiger partial charge is 0.324 e. The zero-order chi connectivity index (χ0) is 15.9. The lowest BCUT2D eigenvalue weighted by Crippen LogP contribution is -2.49. The van der Waals surface area contributed by atoms with Crippen LogP contribution in [0.15, 0.2) is 0 Å². The highest BCUT2D eigenvalue weighted by Gasteiger charge is 2.37. The molecule has 2 aliphatic heterocycles. The molecule has 8 heteroatoms. The Balaban J connectivity index is 1.64. The molecule has 1 aromatic heterocycles. The van der Waals surface area contributed by atoms with Crippen molar-refractivity contribution in [1.29, 1.82) is 0 Å². The Morgan fingerprint density at radius 1 is 1.27 bits per heavy atom. The summed E-state index contributed by atoms with van der Waals surface area (Å²) in [5, 5.41) is 3.42. The van der Waals surface area contributed by atoms with Crippen LogP contribution in [0.4, 0.5) is 4.79 Å². The second-order valence-electron chi connectivity index (χ2n) is 5.59. The number of thiazole rings is 1. The van der Waals surface area contributed by atoms with Gasteiger partial charge in [0.2, 0.25) is 5.91 Å². The van der Waals surface area contributed by atoms with Crippen LogP contribution in [-0.2, 0) is 4.79 Å². The molecule has 4 amide bonds. The third-order valence-electron chi connectivity index (χ3n) is 4.09. The summed E-state index contributed by atoms with van der Waals surface area (Å²) >= 11 is 1.41. The maximum absolute atomic E-state index is 12.5. The maximum Gasteiger partial charge on any atom is 0.324 e. The highest BCUT2D eigenvalue weighted by molar-refractivity contribution is 7.13. The molecule has 2 saturated heterocycles. The van der Waals surface area contributed by atoms with E-state index in [0.717, 1.165) is 10.7 Å². The van der Waals surface area contributed by atoms with Crippen molar-refractivity contribution >= 4 is 29.2 Å². The number of aromatic nitrogens is 1. The molecule has 0 atom stereocenters. The number of rotatable bonds is 2. The quantitative estimate of drug-likeness (QED) is 0.821. The fourth-order valence-corrected chi connectivity index (χ4v) is 3.89. The summed E-state index contributed by atoms with van der Waals surface area (Å²) in [5.41, 5.74) is 0.767. The van der Waals surface area contributed by atoms with Crippen molar-refractivity contribution < 1.29 is 14.4 Å². The Bertz CT molecular complexity index is 618. The van der Waals surface area contributed by atoms with E-state index >= 15 is 0 Å². The Morgan fingerprint density at radius 3 is 2.45 bits per heavy atom. The predicted molar refractivity (Wildman–Crippen MR) is 80.8 cm³/mol. The number of amides is 4. The average Bonchev–Trinajstić information content (AvgIpc) is 3.00. The van der Waals surface area contributed by atoms with E-state index in [1.54, 1.807) is 4.90 Å². The molecule has 3 heterocycles. The molecule has 0 saturated carbocycles. The minimum Gasteiger partial charge on any atom is -0.338 e. The van der Waals surface area contributed by atoms with Crippen LogP contribution >= 0.6 is 11.3 Å². The van der Waals surface area contributed by atoms with Crippen molar-refractivity contribution in [3.63, 3.8) is 0 Å². The van der Waals surface area contributed by atoms with E-state index in [1.807, 2.05) is 13.8 Å². The van der Waals surface area contributed by atoms with Gasteiger partial charge in [0.25, 0.3) is 5.91 Å².